The maximum atomic E-state index is 10.8. The minimum Gasteiger partial charge on any atom is -0.378 e. The Balaban J connectivity index is 2.12. The number of anilines is 2. The smallest absolute Gasteiger partial charge is 0.311 e. The van der Waals surface area contributed by atoms with Crippen LogP contribution < -0.4 is 10.6 Å². The van der Waals surface area contributed by atoms with Crippen molar-refractivity contribution in [2.24, 2.45) is 11.8 Å². The molecule has 1 fully saturated rings. The molecule has 0 bridgehead atoms. The molecule has 6 nitrogen and oxygen atoms in total. The Morgan fingerprint density at radius 2 is 2.15 bits per heavy atom. The second kappa shape index (κ2) is 6.07. The molecule has 2 N–H and O–H groups in total. The van der Waals surface area contributed by atoms with Crippen molar-refractivity contribution in [2.45, 2.75) is 33.1 Å². The second-order valence-corrected chi connectivity index (χ2v) is 5.75. The average Bonchev–Trinajstić information content (AvgIpc) is 2.63. The lowest BCUT2D eigenvalue weighted by atomic mass is 9.89. The normalized spacial score (nSPS) is 19.9. The molecule has 0 radical (unpaired) electrons. The van der Waals surface area contributed by atoms with E-state index in [1.807, 2.05) is 0 Å². The van der Waals surface area contributed by atoms with Gasteiger partial charge in [-0.1, -0.05) is 13.8 Å². The maximum absolute atomic E-state index is 10.8. The molecule has 0 spiro atoms. The molecule has 0 aliphatic carbocycles. The van der Waals surface area contributed by atoms with Gasteiger partial charge in [0.25, 0.3) is 0 Å². The van der Waals surface area contributed by atoms with Gasteiger partial charge in [0.05, 0.1) is 4.92 Å². The molecule has 0 amide bonds. The van der Waals surface area contributed by atoms with Gasteiger partial charge in [0.1, 0.15) is 5.82 Å². The van der Waals surface area contributed by atoms with Gasteiger partial charge in [-0.2, -0.15) is 0 Å². The number of nitro groups is 1. The van der Waals surface area contributed by atoms with Crippen molar-refractivity contribution in [3.05, 3.63) is 22.2 Å². The zero-order valence-electron chi connectivity index (χ0n) is 12.1. The van der Waals surface area contributed by atoms with Gasteiger partial charge in [-0.3, -0.25) is 10.1 Å². The molecule has 0 aromatic carbocycles. The van der Waals surface area contributed by atoms with Gasteiger partial charge < -0.3 is 10.6 Å². The van der Waals surface area contributed by atoms with Crippen LogP contribution in [0.15, 0.2) is 12.1 Å². The van der Waals surface area contributed by atoms with E-state index in [1.54, 1.807) is 6.07 Å². The summed E-state index contributed by atoms with van der Waals surface area (Å²) in [5.41, 5.74) is 5.54. The van der Waals surface area contributed by atoms with E-state index < -0.39 is 4.92 Å². The first kappa shape index (κ1) is 14.6. The fraction of sp³-hybridized carbons (Fsp3) is 0.643. The number of aromatic nitrogens is 1. The highest BCUT2D eigenvalue weighted by Crippen LogP contribution is 2.28. The van der Waals surface area contributed by atoms with E-state index in [0.29, 0.717) is 5.92 Å². The van der Waals surface area contributed by atoms with Crippen molar-refractivity contribution < 1.29 is 4.92 Å². The number of nitrogens with two attached hydrogens (primary N) is 1. The van der Waals surface area contributed by atoms with Crippen molar-refractivity contribution >= 4 is 17.3 Å². The van der Waals surface area contributed by atoms with E-state index >= 15 is 0 Å². The van der Waals surface area contributed by atoms with Crippen molar-refractivity contribution in [1.82, 2.24) is 4.98 Å². The van der Waals surface area contributed by atoms with Gasteiger partial charge in [0.15, 0.2) is 0 Å². The Hall–Kier alpha value is -1.85. The first-order valence-corrected chi connectivity index (χ1v) is 7.15. The van der Waals surface area contributed by atoms with E-state index in [1.165, 1.54) is 12.5 Å². The van der Waals surface area contributed by atoms with Crippen LogP contribution in [-0.2, 0) is 0 Å². The Labute approximate surface area is 119 Å². The van der Waals surface area contributed by atoms with Crippen molar-refractivity contribution in [2.75, 3.05) is 23.7 Å². The lowest BCUT2D eigenvalue weighted by molar-refractivity contribution is -0.384. The molecule has 110 valence electrons. The summed E-state index contributed by atoms with van der Waals surface area (Å²) in [4.78, 5) is 16.6. The van der Waals surface area contributed by atoms with Crippen LogP contribution >= 0.6 is 0 Å². The molecule has 0 saturated carbocycles. The fourth-order valence-corrected chi connectivity index (χ4v) is 2.81. The lowest BCUT2D eigenvalue weighted by Crippen LogP contribution is -2.25. The zero-order valence-corrected chi connectivity index (χ0v) is 12.1. The third kappa shape index (κ3) is 3.18. The van der Waals surface area contributed by atoms with Gasteiger partial charge in [-0.15, -0.1) is 0 Å². The van der Waals surface area contributed by atoms with Gasteiger partial charge in [-0.25, -0.2) is 4.98 Å². The Morgan fingerprint density at radius 1 is 1.40 bits per heavy atom. The molecule has 1 saturated heterocycles. The molecule has 1 unspecified atom stereocenters. The minimum absolute atomic E-state index is 0.00263. The molecule has 1 aromatic rings. The Morgan fingerprint density at radius 3 is 2.75 bits per heavy atom. The van der Waals surface area contributed by atoms with Crippen molar-refractivity contribution in [3.63, 3.8) is 0 Å². The largest absolute Gasteiger partial charge is 0.378 e. The third-order valence-corrected chi connectivity index (χ3v) is 4.12. The molecule has 1 atom stereocenters. The van der Waals surface area contributed by atoms with E-state index in [-0.39, 0.29) is 11.5 Å². The molecule has 1 aliphatic rings. The standard InChI is InChI=1S/C14H22N4O2/c1-10(2)11-4-3-8-17(9-7-11)13-6-5-12(18(19)20)14(15)16-13/h5-6,10-11H,3-4,7-9H2,1-2H3,(H2,15,16). The Bertz CT molecular complexity index is 490. The number of hydrogen-bond acceptors (Lipinski definition) is 5. The second-order valence-electron chi connectivity index (χ2n) is 5.75. The number of nitrogen functional groups attached to an aromatic ring is 1. The molecule has 6 heteroatoms. The van der Waals surface area contributed by atoms with Crippen LogP contribution in [0.4, 0.5) is 17.3 Å². The number of rotatable bonds is 3. The predicted molar refractivity (Wildman–Crippen MR) is 79.7 cm³/mol. The Kier molecular flexibility index (Phi) is 4.42. The van der Waals surface area contributed by atoms with Crippen molar-refractivity contribution in [1.29, 1.82) is 0 Å². The molecule has 2 heterocycles. The molecule has 1 aliphatic heterocycles. The van der Waals surface area contributed by atoms with Crippen LogP contribution in [0.3, 0.4) is 0 Å². The SMILES string of the molecule is CC(C)C1CCCN(c2ccc([N+](=O)[O-])c(N)n2)CC1. The first-order valence-electron chi connectivity index (χ1n) is 7.15. The summed E-state index contributed by atoms with van der Waals surface area (Å²) in [5.74, 6) is 2.19. The zero-order chi connectivity index (χ0) is 14.7. The van der Waals surface area contributed by atoms with Gasteiger partial charge in [0.2, 0.25) is 5.82 Å². The molecular formula is C14H22N4O2. The van der Waals surface area contributed by atoms with Crippen LogP contribution in [-0.4, -0.2) is 23.0 Å². The highest BCUT2D eigenvalue weighted by atomic mass is 16.6. The third-order valence-electron chi connectivity index (χ3n) is 4.12. The summed E-state index contributed by atoms with van der Waals surface area (Å²) in [7, 11) is 0. The summed E-state index contributed by atoms with van der Waals surface area (Å²) in [5, 5.41) is 10.8. The minimum atomic E-state index is -0.497. The quantitative estimate of drug-likeness (QED) is 0.678. The average molecular weight is 278 g/mol. The van der Waals surface area contributed by atoms with Gasteiger partial charge >= 0.3 is 5.69 Å². The summed E-state index contributed by atoms with van der Waals surface area (Å²) in [6.45, 7) is 6.41. The van der Waals surface area contributed by atoms with Crippen LogP contribution in [0.2, 0.25) is 0 Å². The summed E-state index contributed by atoms with van der Waals surface area (Å²) < 4.78 is 0. The maximum Gasteiger partial charge on any atom is 0.311 e. The number of pyridine rings is 1. The van der Waals surface area contributed by atoms with Crippen LogP contribution in [0.25, 0.3) is 0 Å². The fourth-order valence-electron chi connectivity index (χ4n) is 2.81. The summed E-state index contributed by atoms with van der Waals surface area (Å²) in [6.07, 6.45) is 3.49. The van der Waals surface area contributed by atoms with E-state index in [2.05, 4.69) is 23.7 Å². The molecule has 2 rings (SSSR count). The topological polar surface area (TPSA) is 85.3 Å². The monoisotopic (exact) mass is 278 g/mol. The van der Waals surface area contributed by atoms with E-state index in [0.717, 1.165) is 37.7 Å². The summed E-state index contributed by atoms with van der Waals surface area (Å²) in [6, 6.07) is 3.15. The summed E-state index contributed by atoms with van der Waals surface area (Å²) >= 11 is 0. The van der Waals surface area contributed by atoms with Crippen molar-refractivity contribution in [3.8, 4) is 0 Å². The predicted octanol–water partition coefficient (Wildman–Crippen LogP) is 2.83. The lowest BCUT2D eigenvalue weighted by Gasteiger charge is -2.22. The van der Waals surface area contributed by atoms with E-state index in [9.17, 15) is 10.1 Å². The highest BCUT2D eigenvalue weighted by molar-refractivity contribution is 5.58. The number of nitrogens with zero attached hydrogens (tertiary/aromatic N) is 3. The van der Waals surface area contributed by atoms with Crippen LogP contribution in [0.1, 0.15) is 33.1 Å². The van der Waals surface area contributed by atoms with Gasteiger partial charge in [-0.05, 0) is 37.2 Å². The molecule has 1 aromatic heterocycles. The van der Waals surface area contributed by atoms with Gasteiger partial charge in [0, 0.05) is 19.2 Å². The molecule has 20 heavy (non-hydrogen) atoms. The van der Waals surface area contributed by atoms with Crippen LogP contribution in [0, 0.1) is 22.0 Å². The molecular weight excluding hydrogens is 256 g/mol. The van der Waals surface area contributed by atoms with E-state index in [4.69, 9.17) is 5.73 Å². The highest BCUT2D eigenvalue weighted by Gasteiger charge is 2.21. The van der Waals surface area contributed by atoms with Crippen LogP contribution in [0.5, 0.6) is 0 Å². The number of hydrogen-bond donors (Lipinski definition) is 1. The first-order chi connectivity index (χ1) is 9.49.